The van der Waals surface area contributed by atoms with Crippen LogP contribution in [0.15, 0.2) is 18.2 Å². The van der Waals surface area contributed by atoms with Crippen molar-refractivity contribution in [3.8, 4) is 0 Å². The Labute approximate surface area is 144 Å². The molecule has 2 rings (SSSR count). The number of aliphatic hydroxyl groups is 3. The van der Waals surface area contributed by atoms with Crippen LogP contribution in [0.4, 0.5) is 14.5 Å². The molecule has 0 aromatic heterocycles. The molecule has 0 saturated carbocycles. The number of ether oxygens (including phenoxy) is 1. The molecule has 1 unspecified atom stereocenters. The van der Waals surface area contributed by atoms with Crippen molar-refractivity contribution in [2.75, 3.05) is 18.1 Å². The van der Waals surface area contributed by atoms with Crippen LogP contribution in [0.5, 0.6) is 0 Å². The van der Waals surface area contributed by atoms with E-state index in [1.807, 2.05) is 0 Å². The largest absolute Gasteiger partial charge is 0.393 e. The van der Waals surface area contributed by atoms with Gasteiger partial charge in [-0.25, -0.2) is 8.78 Å². The van der Waals surface area contributed by atoms with Crippen LogP contribution in [0.1, 0.15) is 32.8 Å². The Morgan fingerprint density at radius 3 is 2.54 bits per heavy atom. The first-order valence-electron chi connectivity index (χ1n) is 7.55. The van der Waals surface area contributed by atoms with Crippen molar-refractivity contribution in [2.45, 2.75) is 50.7 Å². The van der Waals surface area contributed by atoms with E-state index in [9.17, 15) is 24.1 Å². The number of anilines is 1. The summed E-state index contributed by atoms with van der Waals surface area (Å²) in [6.45, 7) is 3.69. The smallest absolute Gasteiger partial charge is 0.284 e. The third-order valence-corrected chi connectivity index (χ3v) is 4.17. The zero-order valence-corrected chi connectivity index (χ0v) is 14.5. The van der Waals surface area contributed by atoms with Crippen molar-refractivity contribution in [2.24, 2.45) is 0 Å². The average molecular weight is 366 g/mol. The predicted molar refractivity (Wildman–Crippen MR) is 86.2 cm³/mol. The van der Waals surface area contributed by atoms with Crippen LogP contribution in [0.2, 0.25) is 5.02 Å². The zero-order chi connectivity index (χ0) is 18.3. The number of fused-ring (bicyclic) bond motifs is 1. The van der Waals surface area contributed by atoms with Crippen molar-refractivity contribution < 1.29 is 28.8 Å². The van der Waals surface area contributed by atoms with E-state index in [0.717, 1.165) is 0 Å². The lowest BCUT2D eigenvalue weighted by molar-refractivity contribution is -0.206. The molecule has 1 aliphatic rings. The summed E-state index contributed by atoms with van der Waals surface area (Å²) in [5, 5.41) is 30.4. The van der Waals surface area contributed by atoms with E-state index in [4.69, 9.17) is 16.3 Å². The number of aliphatic hydroxyl groups excluding tert-OH is 2. The summed E-state index contributed by atoms with van der Waals surface area (Å²) in [7, 11) is 0. The fourth-order valence-electron chi connectivity index (χ4n) is 2.69. The number of halogens is 3. The Hall–Kier alpha value is -0.990. The number of hydrogen-bond acceptors (Lipinski definition) is 5. The minimum absolute atomic E-state index is 0.129. The van der Waals surface area contributed by atoms with E-state index < -0.39 is 36.6 Å². The SMILES string of the molecule is CC(C)(C)OC(O)N1CCC(F)(F)[C@](O)(CO)c2cc(Cl)ccc21. The lowest BCUT2D eigenvalue weighted by atomic mass is 9.86. The van der Waals surface area contributed by atoms with E-state index >= 15 is 0 Å². The molecule has 0 radical (unpaired) electrons. The lowest BCUT2D eigenvalue weighted by Crippen LogP contribution is -2.48. The maximum absolute atomic E-state index is 14.5. The molecule has 3 N–H and O–H groups in total. The minimum atomic E-state index is -3.61. The third-order valence-electron chi connectivity index (χ3n) is 3.94. The summed E-state index contributed by atoms with van der Waals surface area (Å²) in [6, 6.07) is 4.04. The Morgan fingerprint density at radius 1 is 1.38 bits per heavy atom. The van der Waals surface area contributed by atoms with E-state index in [2.05, 4.69) is 0 Å². The van der Waals surface area contributed by atoms with Gasteiger partial charge in [-0.3, -0.25) is 0 Å². The van der Waals surface area contributed by atoms with Crippen molar-refractivity contribution in [3.63, 3.8) is 0 Å². The van der Waals surface area contributed by atoms with Crippen molar-refractivity contribution in [1.29, 1.82) is 0 Å². The summed E-state index contributed by atoms with van der Waals surface area (Å²) in [4.78, 5) is 1.22. The normalized spacial score (nSPS) is 25.1. The van der Waals surface area contributed by atoms with Gasteiger partial charge in [0.05, 0.1) is 12.2 Å². The highest BCUT2D eigenvalue weighted by Crippen LogP contribution is 2.47. The molecule has 0 aliphatic carbocycles. The quantitative estimate of drug-likeness (QED) is 0.718. The van der Waals surface area contributed by atoms with Gasteiger partial charge >= 0.3 is 0 Å². The summed E-state index contributed by atoms with van der Waals surface area (Å²) in [5.41, 5.74) is -3.64. The van der Waals surface area contributed by atoms with Crippen molar-refractivity contribution in [1.82, 2.24) is 0 Å². The van der Waals surface area contributed by atoms with Gasteiger partial charge in [0.15, 0.2) is 5.60 Å². The van der Waals surface area contributed by atoms with Gasteiger partial charge in [0.25, 0.3) is 5.92 Å². The summed E-state index contributed by atoms with van der Waals surface area (Å²) < 4.78 is 34.4. The Kier molecular flexibility index (Phi) is 5.14. The predicted octanol–water partition coefficient (Wildman–Crippen LogP) is 2.46. The molecule has 0 spiro atoms. The zero-order valence-electron chi connectivity index (χ0n) is 13.8. The highest BCUT2D eigenvalue weighted by Gasteiger charge is 2.56. The van der Waals surface area contributed by atoms with Gasteiger partial charge in [-0.15, -0.1) is 0 Å². The second kappa shape index (κ2) is 6.38. The fraction of sp³-hybridized carbons (Fsp3) is 0.625. The molecule has 2 atom stereocenters. The monoisotopic (exact) mass is 365 g/mol. The molecule has 136 valence electrons. The molecule has 1 aromatic rings. The molecule has 5 nitrogen and oxygen atoms in total. The van der Waals surface area contributed by atoms with Crippen LogP contribution in [0.25, 0.3) is 0 Å². The van der Waals surface area contributed by atoms with Crippen LogP contribution < -0.4 is 4.90 Å². The molecule has 0 bridgehead atoms. The first-order valence-corrected chi connectivity index (χ1v) is 7.93. The second-order valence-electron chi connectivity index (χ2n) is 6.88. The van der Waals surface area contributed by atoms with E-state index in [1.54, 1.807) is 20.8 Å². The van der Waals surface area contributed by atoms with Crippen LogP contribution >= 0.6 is 11.6 Å². The number of benzene rings is 1. The third kappa shape index (κ3) is 3.50. The molecular weight excluding hydrogens is 344 g/mol. The van der Waals surface area contributed by atoms with E-state index in [-0.39, 0.29) is 22.8 Å². The first kappa shape index (κ1) is 19.3. The molecular formula is C16H22ClF2NO4. The molecule has 1 aliphatic heterocycles. The summed E-state index contributed by atoms with van der Waals surface area (Å²) >= 11 is 5.89. The number of hydrogen-bond donors (Lipinski definition) is 3. The van der Waals surface area contributed by atoms with Crippen LogP contribution in [-0.2, 0) is 10.3 Å². The molecule has 24 heavy (non-hydrogen) atoms. The Balaban J connectivity index is 2.57. The van der Waals surface area contributed by atoms with Gasteiger partial charge in [-0.2, -0.15) is 0 Å². The second-order valence-corrected chi connectivity index (χ2v) is 7.32. The first-order chi connectivity index (χ1) is 10.9. The maximum Gasteiger partial charge on any atom is 0.284 e. The highest BCUT2D eigenvalue weighted by atomic mass is 35.5. The average Bonchev–Trinajstić information content (AvgIpc) is 2.52. The lowest BCUT2D eigenvalue weighted by Gasteiger charge is -2.35. The highest BCUT2D eigenvalue weighted by molar-refractivity contribution is 6.30. The van der Waals surface area contributed by atoms with Gasteiger partial charge in [-0.1, -0.05) is 11.6 Å². The van der Waals surface area contributed by atoms with Crippen LogP contribution in [0.3, 0.4) is 0 Å². The van der Waals surface area contributed by atoms with E-state index in [1.165, 1.54) is 23.1 Å². The van der Waals surface area contributed by atoms with Gasteiger partial charge in [0, 0.05) is 29.2 Å². The fourth-order valence-corrected chi connectivity index (χ4v) is 2.86. The molecule has 1 aromatic carbocycles. The maximum atomic E-state index is 14.5. The van der Waals surface area contributed by atoms with Gasteiger partial charge in [0.1, 0.15) is 0 Å². The van der Waals surface area contributed by atoms with Gasteiger partial charge in [0.2, 0.25) is 6.41 Å². The molecule has 0 saturated heterocycles. The standard InChI is InChI=1S/C16H22ClF2NO4/c1-14(2,3)24-13(22)20-7-6-16(18,19)15(23,9-21)11-8-10(17)4-5-12(11)20/h4-5,8,13,21-23H,6-7,9H2,1-3H3/t13?,15-/m0/s1. The summed E-state index contributed by atoms with van der Waals surface area (Å²) in [5.74, 6) is -3.61. The number of alkyl halides is 2. The van der Waals surface area contributed by atoms with Crippen molar-refractivity contribution >= 4 is 17.3 Å². The number of rotatable bonds is 3. The van der Waals surface area contributed by atoms with Crippen molar-refractivity contribution in [3.05, 3.63) is 28.8 Å². The van der Waals surface area contributed by atoms with Gasteiger partial charge in [-0.05, 0) is 39.0 Å². The van der Waals surface area contributed by atoms with Crippen LogP contribution in [-0.4, -0.2) is 46.4 Å². The molecule has 0 amide bonds. The minimum Gasteiger partial charge on any atom is -0.393 e. The van der Waals surface area contributed by atoms with Gasteiger partial charge < -0.3 is 25.0 Å². The van der Waals surface area contributed by atoms with E-state index in [0.29, 0.717) is 0 Å². The topological polar surface area (TPSA) is 73.2 Å². The molecule has 0 fully saturated rings. The molecule has 8 heteroatoms. The van der Waals surface area contributed by atoms with Crippen LogP contribution in [0, 0.1) is 0 Å². The number of nitrogens with zero attached hydrogens (tertiary/aromatic N) is 1. The Morgan fingerprint density at radius 2 is 2.00 bits per heavy atom. The Bertz CT molecular complexity index is 608. The summed E-state index contributed by atoms with van der Waals surface area (Å²) in [6.07, 6.45) is -2.28. The molecule has 1 heterocycles.